The van der Waals surface area contributed by atoms with Crippen molar-refractivity contribution in [2.45, 2.75) is 6.42 Å². The number of fused-ring (bicyclic) bond motifs is 6. The van der Waals surface area contributed by atoms with Crippen LogP contribution in [0.25, 0.3) is 22.2 Å². The van der Waals surface area contributed by atoms with E-state index < -0.39 is 0 Å². The van der Waals surface area contributed by atoms with E-state index in [2.05, 4.69) is 39.8 Å². The van der Waals surface area contributed by atoms with Gasteiger partial charge in [-0.2, -0.15) is 0 Å². The fourth-order valence-electron chi connectivity index (χ4n) is 2.41. The number of rotatable bonds is 0. The van der Waals surface area contributed by atoms with Gasteiger partial charge in [0.05, 0.1) is 17.4 Å². The molecule has 1 aliphatic carbocycles. The van der Waals surface area contributed by atoms with Crippen molar-refractivity contribution >= 4 is 22.2 Å². The van der Waals surface area contributed by atoms with Gasteiger partial charge in [0.2, 0.25) is 0 Å². The van der Waals surface area contributed by atoms with Gasteiger partial charge in [0, 0.05) is 18.8 Å². The molecule has 1 aromatic heterocycles. The van der Waals surface area contributed by atoms with Crippen molar-refractivity contribution in [3.05, 3.63) is 42.0 Å². The summed E-state index contributed by atoms with van der Waals surface area (Å²) in [7, 11) is 0. The van der Waals surface area contributed by atoms with E-state index in [0.717, 1.165) is 17.5 Å². The summed E-state index contributed by atoms with van der Waals surface area (Å²) in [6.07, 6.45) is 6.96. The number of allylic oxidation sites excluding steroid dienone is 2. The predicted octanol–water partition coefficient (Wildman–Crippen LogP) is 2.25. The minimum absolute atomic E-state index is 1.04. The molecule has 0 saturated heterocycles. The first-order valence-electron chi connectivity index (χ1n) is 5.04. The first-order valence-corrected chi connectivity index (χ1v) is 5.04. The third kappa shape index (κ3) is 0.825. The van der Waals surface area contributed by atoms with Crippen molar-refractivity contribution in [2.75, 3.05) is 0 Å². The number of aromatic nitrogens is 2. The van der Waals surface area contributed by atoms with Crippen molar-refractivity contribution < 1.29 is 0 Å². The second kappa shape index (κ2) is 2.31. The molecule has 15 heavy (non-hydrogen) atoms. The van der Waals surface area contributed by atoms with Crippen LogP contribution in [0.3, 0.4) is 0 Å². The van der Waals surface area contributed by atoms with Gasteiger partial charge < -0.3 is 10.3 Å². The minimum Gasteiger partial charge on any atom is -0.367 e. The number of benzene rings is 1. The third-order valence-electron chi connectivity index (χ3n) is 3.15. The maximum atomic E-state index is 4.29. The summed E-state index contributed by atoms with van der Waals surface area (Å²) in [6.45, 7) is 0. The lowest BCUT2D eigenvalue weighted by molar-refractivity contribution is 1.16. The van der Waals surface area contributed by atoms with Gasteiger partial charge in [-0.1, -0.05) is 0 Å². The molecular formula is C12H9N3. The fourth-order valence-corrected chi connectivity index (χ4v) is 2.41. The number of hydrogen-bond acceptors (Lipinski definition) is 2. The molecule has 2 aliphatic rings. The molecule has 0 fully saturated rings. The number of nitrogens with zero attached hydrogens (tertiary/aromatic N) is 1. The molecule has 0 saturated carbocycles. The van der Waals surface area contributed by atoms with E-state index in [0.29, 0.717) is 0 Å². The zero-order chi connectivity index (χ0) is 9.83. The second-order valence-electron chi connectivity index (χ2n) is 4.00. The van der Waals surface area contributed by atoms with E-state index in [-0.39, 0.29) is 0 Å². The van der Waals surface area contributed by atoms with Gasteiger partial charge in [-0.3, -0.25) is 0 Å². The highest BCUT2D eigenvalue weighted by Gasteiger charge is 2.23. The summed E-state index contributed by atoms with van der Waals surface area (Å²) in [5.74, 6) is 0. The Labute approximate surface area is 86.5 Å². The summed E-state index contributed by atoms with van der Waals surface area (Å²) in [5, 5.41) is 3.19. The van der Waals surface area contributed by atoms with E-state index in [1.54, 1.807) is 6.33 Å². The Balaban J connectivity index is 2.16. The van der Waals surface area contributed by atoms with E-state index in [9.17, 15) is 0 Å². The summed E-state index contributed by atoms with van der Waals surface area (Å²) in [6, 6.07) is 4.36. The third-order valence-corrected chi connectivity index (χ3v) is 3.15. The average Bonchev–Trinajstić information content (AvgIpc) is 2.82. The van der Waals surface area contributed by atoms with Crippen LogP contribution in [0.15, 0.2) is 30.9 Å². The van der Waals surface area contributed by atoms with Crippen LogP contribution in [0, 0.1) is 0 Å². The topological polar surface area (TPSA) is 40.7 Å². The Kier molecular flexibility index (Phi) is 1.12. The number of H-pyrrole nitrogens is 1. The molecule has 1 aliphatic heterocycles. The number of hydrogen-bond donors (Lipinski definition) is 2. The molecule has 2 heterocycles. The van der Waals surface area contributed by atoms with Crippen LogP contribution < -0.4 is 5.32 Å². The van der Waals surface area contributed by atoms with Crippen LogP contribution in [0.1, 0.15) is 17.5 Å². The molecule has 3 heteroatoms. The highest BCUT2D eigenvalue weighted by molar-refractivity contribution is 5.98. The van der Waals surface area contributed by atoms with Crippen LogP contribution >= 0.6 is 0 Å². The SMILES string of the molecule is C1=C2CC(=CN1)c1cc3[nH]cnc3cc12. The lowest BCUT2D eigenvalue weighted by Crippen LogP contribution is -1.97. The Bertz CT molecular complexity index is 579. The second-order valence-corrected chi connectivity index (χ2v) is 4.00. The van der Waals surface area contributed by atoms with Gasteiger partial charge in [-0.05, 0) is 34.4 Å². The highest BCUT2D eigenvalue weighted by Crippen LogP contribution is 2.42. The lowest BCUT2D eigenvalue weighted by atomic mass is 10.1. The number of dihydropyridines is 1. The van der Waals surface area contributed by atoms with E-state index in [4.69, 9.17) is 0 Å². The van der Waals surface area contributed by atoms with Gasteiger partial charge >= 0.3 is 0 Å². The van der Waals surface area contributed by atoms with Crippen LogP contribution in [-0.4, -0.2) is 9.97 Å². The zero-order valence-corrected chi connectivity index (χ0v) is 8.04. The van der Waals surface area contributed by atoms with Gasteiger partial charge in [0.1, 0.15) is 0 Å². The molecule has 0 spiro atoms. The molecule has 0 unspecified atom stereocenters. The minimum atomic E-state index is 1.04. The molecule has 0 radical (unpaired) electrons. The summed E-state index contributed by atoms with van der Waals surface area (Å²) in [5.41, 5.74) is 7.56. The Hall–Kier alpha value is -2.03. The van der Waals surface area contributed by atoms with Crippen molar-refractivity contribution in [3.8, 4) is 0 Å². The van der Waals surface area contributed by atoms with Crippen LogP contribution in [-0.2, 0) is 0 Å². The quantitative estimate of drug-likeness (QED) is 0.677. The molecule has 0 amide bonds. The fraction of sp³-hybridized carbons (Fsp3) is 0.0833. The van der Waals surface area contributed by atoms with Crippen molar-refractivity contribution in [1.29, 1.82) is 0 Å². The van der Waals surface area contributed by atoms with E-state index >= 15 is 0 Å². The van der Waals surface area contributed by atoms with Crippen molar-refractivity contribution in [2.24, 2.45) is 0 Å². The summed E-state index contributed by atoms with van der Waals surface area (Å²) < 4.78 is 0. The molecular weight excluding hydrogens is 186 g/mol. The number of nitrogens with one attached hydrogen (secondary N) is 2. The molecule has 3 nitrogen and oxygen atoms in total. The summed E-state index contributed by atoms with van der Waals surface area (Å²) in [4.78, 5) is 7.44. The zero-order valence-electron chi connectivity index (χ0n) is 8.04. The molecule has 1 aromatic carbocycles. The average molecular weight is 195 g/mol. The van der Waals surface area contributed by atoms with Crippen LogP contribution in [0.5, 0.6) is 0 Å². The Morgan fingerprint density at radius 2 is 1.87 bits per heavy atom. The molecule has 0 atom stereocenters. The van der Waals surface area contributed by atoms with Gasteiger partial charge in [0.25, 0.3) is 0 Å². The molecule has 4 rings (SSSR count). The number of aromatic amines is 1. The predicted molar refractivity (Wildman–Crippen MR) is 59.8 cm³/mol. The number of imidazole rings is 1. The smallest absolute Gasteiger partial charge is 0.0931 e. The standard InChI is InChI=1S/C12H9N3/c1-7-4-13-5-8(1)10-3-12-11(2-9(7)10)14-6-15-12/h2-6,13H,1H2,(H,14,15). The van der Waals surface area contributed by atoms with E-state index in [1.807, 2.05) is 0 Å². The maximum Gasteiger partial charge on any atom is 0.0931 e. The largest absolute Gasteiger partial charge is 0.367 e. The first kappa shape index (κ1) is 7.29. The van der Waals surface area contributed by atoms with Crippen molar-refractivity contribution in [3.63, 3.8) is 0 Å². The summed E-state index contributed by atoms with van der Waals surface area (Å²) >= 11 is 0. The molecule has 2 N–H and O–H groups in total. The van der Waals surface area contributed by atoms with Crippen LogP contribution in [0.2, 0.25) is 0 Å². The van der Waals surface area contributed by atoms with Gasteiger partial charge in [-0.15, -0.1) is 0 Å². The van der Waals surface area contributed by atoms with Crippen molar-refractivity contribution in [1.82, 2.24) is 15.3 Å². The molecule has 2 aromatic rings. The molecule has 2 bridgehead atoms. The Morgan fingerprint density at radius 1 is 1.07 bits per heavy atom. The maximum absolute atomic E-state index is 4.29. The van der Waals surface area contributed by atoms with Crippen LogP contribution in [0.4, 0.5) is 0 Å². The Morgan fingerprint density at radius 3 is 2.73 bits per heavy atom. The normalized spacial score (nSPS) is 17.1. The monoisotopic (exact) mass is 195 g/mol. The lowest BCUT2D eigenvalue weighted by Gasteiger charge is -2.02. The van der Waals surface area contributed by atoms with Gasteiger partial charge in [0.15, 0.2) is 0 Å². The van der Waals surface area contributed by atoms with E-state index in [1.165, 1.54) is 22.3 Å². The molecule has 72 valence electrons. The van der Waals surface area contributed by atoms with Gasteiger partial charge in [-0.25, -0.2) is 4.98 Å². The first-order chi connectivity index (χ1) is 7.42. The highest BCUT2D eigenvalue weighted by atomic mass is 14.9.